The molecule has 588 valence electrons. The summed E-state index contributed by atoms with van der Waals surface area (Å²) in [5.74, 6) is -2.89. The second-order valence-electron chi connectivity index (χ2n) is 20.9. The average Bonchev–Trinajstić information content (AvgIpc) is 0.793. The predicted octanol–water partition coefficient (Wildman–Crippen LogP) is 22.7. The number of halogens is 23. The normalized spacial score (nSPS) is 10.9. The van der Waals surface area contributed by atoms with Crippen molar-refractivity contribution >= 4 is 0 Å². The number of aromatic nitrogens is 6. The number of aryl methyl sites for hydroxylation is 2. The number of nitrogens with zero attached hydrogens (tertiary/aromatic N) is 6. The molecular weight excluding hydrogens is 2560 g/mol. The molecule has 0 aliphatic carbocycles. The molecule has 0 bridgehead atoms. The summed E-state index contributed by atoms with van der Waals surface area (Å²) in [6.45, 7) is 3.52. The Morgan fingerprint density at radius 1 is 0.284 bits per heavy atom. The molecular formula is C74H41F23Ir6N6-6. The summed E-state index contributed by atoms with van der Waals surface area (Å²) < 4.78 is 293. The van der Waals surface area contributed by atoms with Crippen molar-refractivity contribution in [1.82, 2.24) is 29.9 Å². The van der Waals surface area contributed by atoms with Crippen molar-refractivity contribution in [3.63, 3.8) is 0 Å². The van der Waals surface area contributed by atoms with Crippen LogP contribution in [0.25, 0.3) is 67.5 Å². The number of benzene rings is 6. The fraction of sp³-hybridized carbons (Fsp3) is 0.108. The third kappa shape index (κ3) is 31.0. The Balaban J connectivity index is 0.000000652. The van der Waals surface area contributed by atoms with Crippen molar-refractivity contribution in [3.05, 3.63) is 323 Å². The summed E-state index contributed by atoms with van der Waals surface area (Å²) in [7, 11) is 0. The zero-order valence-electron chi connectivity index (χ0n) is 54.1. The van der Waals surface area contributed by atoms with Crippen molar-refractivity contribution in [1.29, 1.82) is 0 Å². The molecule has 6 nitrogen and oxygen atoms in total. The average molecular weight is 2600 g/mol. The smallest absolute Gasteiger partial charge is 0.305 e. The van der Waals surface area contributed by atoms with E-state index in [1.807, 2.05) is 43.3 Å². The molecule has 0 N–H and O–H groups in total. The standard InChI is InChI=1S/C14H8F6N.2C13H6F6N.C12H8F2N.C11H6F2N.C11H7FN.6Ir/c1-8-4-5-21-12(6-8)10-3-2-9(13(15,16)17)7-11(10)14(18,19)20;14-12(15,16)8-4-5-9(10(7-8)13(17,18)19)11-3-1-2-6-20-11;14-12(15,16)9-5-8(11-3-1-2-4-20-11)6-10(7-9)13(17,18)19;1-8-4-5-15-12(6-8)10-3-2-9(13)7-11(10)14;12-9-5-8(6-10(13)7-9)11-3-1-2-4-14-11;12-10-5-3-4-9(8-10)11-6-1-2-7-13-11;;;;;;/h2,4-7H,1H3;1-4,6-7H;1-5,7H;2,4-7H,1H3;1-5,7H;1-3,5-8H;;;;;;/q6*-1;;;;;;. The van der Waals surface area contributed by atoms with Gasteiger partial charge < -0.3 is 29.9 Å². The van der Waals surface area contributed by atoms with E-state index in [9.17, 15) is 101 Å². The van der Waals surface area contributed by atoms with Crippen molar-refractivity contribution in [2.75, 3.05) is 0 Å². The van der Waals surface area contributed by atoms with Crippen LogP contribution < -0.4 is 0 Å². The second-order valence-corrected chi connectivity index (χ2v) is 20.9. The maximum atomic E-state index is 13.4. The van der Waals surface area contributed by atoms with Gasteiger partial charge >= 0.3 is 37.1 Å². The van der Waals surface area contributed by atoms with E-state index in [0.29, 0.717) is 46.3 Å². The van der Waals surface area contributed by atoms with E-state index in [4.69, 9.17) is 0 Å². The molecule has 0 amide bonds. The van der Waals surface area contributed by atoms with Gasteiger partial charge in [-0.3, -0.25) is 8.78 Å². The fourth-order valence-electron chi connectivity index (χ4n) is 8.51. The van der Waals surface area contributed by atoms with E-state index >= 15 is 0 Å². The minimum absolute atomic E-state index is 0. The molecule has 6 radical (unpaired) electrons. The van der Waals surface area contributed by atoms with Gasteiger partial charge in [0, 0.05) is 187 Å². The molecule has 0 aliphatic heterocycles. The Morgan fingerprint density at radius 2 is 0.670 bits per heavy atom. The van der Waals surface area contributed by atoms with Gasteiger partial charge in [0.1, 0.15) is 0 Å². The van der Waals surface area contributed by atoms with Gasteiger partial charge in [0.05, 0.1) is 0 Å². The molecule has 12 rings (SSSR count). The first-order valence-corrected chi connectivity index (χ1v) is 28.8. The topological polar surface area (TPSA) is 77.3 Å². The fourth-order valence-corrected chi connectivity index (χ4v) is 8.51. The summed E-state index contributed by atoms with van der Waals surface area (Å²) >= 11 is 0. The van der Waals surface area contributed by atoms with E-state index in [-0.39, 0.29) is 173 Å². The van der Waals surface area contributed by atoms with E-state index in [1.165, 1.54) is 79.3 Å². The number of hydrogen-bond donors (Lipinski definition) is 0. The van der Waals surface area contributed by atoms with Crippen molar-refractivity contribution < 1.29 is 222 Å². The number of hydrogen-bond acceptors (Lipinski definition) is 6. The summed E-state index contributed by atoms with van der Waals surface area (Å²) in [5, 5.41) is 0. The van der Waals surface area contributed by atoms with Crippen LogP contribution in [-0.2, 0) is 158 Å². The zero-order chi connectivity index (χ0) is 75.7. The minimum Gasteiger partial charge on any atom is -0.305 e. The summed E-state index contributed by atoms with van der Waals surface area (Å²) in [4.78, 5) is 23.3. The Labute approximate surface area is 687 Å². The Kier molecular flexibility index (Phi) is 40.1. The van der Waals surface area contributed by atoms with Gasteiger partial charge in [-0.1, -0.05) is 89.5 Å². The molecule has 6 heterocycles. The quantitative estimate of drug-likeness (QED) is 0.122. The molecule has 6 aromatic carbocycles. The monoisotopic (exact) mass is 2610 g/mol. The third-order valence-corrected chi connectivity index (χ3v) is 13.2. The first-order valence-electron chi connectivity index (χ1n) is 28.8. The molecule has 12 aromatic rings. The van der Waals surface area contributed by atoms with Gasteiger partial charge in [0.25, 0.3) is 0 Å². The van der Waals surface area contributed by atoms with Crippen LogP contribution in [0.4, 0.5) is 101 Å². The van der Waals surface area contributed by atoms with Crippen LogP contribution in [-0.4, -0.2) is 29.9 Å². The number of alkyl halides is 18. The first-order chi connectivity index (χ1) is 48.2. The largest absolute Gasteiger partial charge is 0.399 e. The molecule has 0 saturated carbocycles. The summed E-state index contributed by atoms with van der Waals surface area (Å²) in [5.41, 5.74) is -5.50. The van der Waals surface area contributed by atoms with Crippen LogP contribution in [0.5, 0.6) is 0 Å². The second kappa shape index (κ2) is 43.9. The Hall–Kier alpha value is -7.49. The molecule has 109 heavy (non-hydrogen) atoms. The van der Waals surface area contributed by atoms with Gasteiger partial charge in [0.2, 0.25) is 0 Å². The minimum atomic E-state index is -4.93. The molecule has 0 atom stereocenters. The summed E-state index contributed by atoms with van der Waals surface area (Å²) in [6.07, 6.45) is -20.7. The van der Waals surface area contributed by atoms with Crippen LogP contribution >= 0.6 is 0 Å². The molecule has 6 aromatic heterocycles. The van der Waals surface area contributed by atoms with E-state index in [1.54, 1.807) is 61.9 Å². The maximum Gasteiger partial charge on any atom is 0.399 e. The van der Waals surface area contributed by atoms with Gasteiger partial charge in [-0.2, -0.15) is 79.0 Å². The zero-order valence-corrected chi connectivity index (χ0v) is 68.5. The number of rotatable bonds is 6. The first kappa shape index (κ1) is 99.5. The van der Waals surface area contributed by atoms with Crippen LogP contribution in [0.15, 0.2) is 213 Å². The SMILES string of the molecule is Cc1ccnc(-c2[c-]cc(C(F)(F)F)cc2C(F)(F)F)c1.Cc1ccnc(-c2[c-]cc(F)cc2F)c1.FC(F)(F)c1[c-]c(-c2ccccn2)cc(C(F)(F)F)c1.FC(F)(F)c1c[c-]c(-c2ccccn2)c(C(F)(F)F)c1.Fc1[c-]c(-c2ccccn2)cc(F)c1.Fc1cc[c-]c(-c2ccccn2)c1.[Ir].[Ir].[Ir].[Ir].[Ir].[Ir]. The van der Waals surface area contributed by atoms with Crippen LogP contribution in [0.3, 0.4) is 0 Å². The van der Waals surface area contributed by atoms with Crippen LogP contribution in [0.1, 0.15) is 44.5 Å². The molecule has 0 fully saturated rings. The van der Waals surface area contributed by atoms with Gasteiger partial charge in [-0.05, 0) is 118 Å². The Morgan fingerprint density at radius 3 is 1.05 bits per heavy atom. The molecule has 35 heteroatoms. The summed E-state index contributed by atoms with van der Waals surface area (Å²) in [6, 6.07) is 49.5. The van der Waals surface area contributed by atoms with Crippen LogP contribution in [0.2, 0.25) is 0 Å². The molecule has 0 saturated heterocycles. The van der Waals surface area contributed by atoms with Gasteiger partial charge in [-0.25, -0.2) is 13.2 Å². The van der Waals surface area contributed by atoms with E-state index in [2.05, 4.69) is 54.2 Å². The molecule has 0 aliphatic rings. The van der Waals surface area contributed by atoms with Gasteiger partial charge in [-0.15, -0.1) is 131 Å². The number of pyridine rings is 6. The molecule has 0 spiro atoms. The molecule has 0 unspecified atom stereocenters. The predicted molar refractivity (Wildman–Crippen MR) is 330 cm³/mol. The van der Waals surface area contributed by atoms with E-state index < -0.39 is 105 Å². The van der Waals surface area contributed by atoms with Crippen molar-refractivity contribution in [2.24, 2.45) is 0 Å². The van der Waals surface area contributed by atoms with Crippen molar-refractivity contribution in [2.45, 2.75) is 50.9 Å². The Bertz CT molecular complexity index is 4720. The van der Waals surface area contributed by atoms with E-state index in [0.717, 1.165) is 29.5 Å². The van der Waals surface area contributed by atoms with Crippen molar-refractivity contribution in [3.8, 4) is 67.5 Å². The maximum absolute atomic E-state index is 13.4. The third-order valence-electron chi connectivity index (χ3n) is 13.2. The van der Waals surface area contributed by atoms with Crippen LogP contribution in [0, 0.1) is 79.3 Å². The van der Waals surface area contributed by atoms with Gasteiger partial charge in [0.15, 0.2) is 0 Å².